The number of methoxy groups -OCH3 is 1. The lowest BCUT2D eigenvalue weighted by molar-refractivity contribution is -0.133. The molecule has 2 aromatic rings. The zero-order chi connectivity index (χ0) is 28.3. The minimum absolute atomic E-state index is 0.0606. The van der Waals surface area contributed by atoms with E-state index in [0.717, 1.165) is 11.6 Å². The van der Waals surface area contributed by atoms with E-state index in [2.05, 4.69) is 0 Å². The molecule has 0 spiro atoms. The van der Waals surface area contributed by atoms with Crippen LogP contribution in [0.4, 0.5) is 4.39 Å². The van der Waals surface area contributed by atoms with Crippen LogP contribution in [-0.4, -0.2) is 78.4 Å². The highest BCUT2D eigenvalue weighted by Crippen LogP contribution is 2.19. The van der Waals surface area contributed by atoms with Gasteiger partial charge in [0.05, 0.1) is 19.0 Å². The van der Waals surface area contributed by atoms with Gasteiger partial charge in [-0.15, -0.1) is 0 Å². The Labute approximate surface area is 225 Å². The second-order valence-electron chi connectivity index (χ2n) is 9.34. The summed E-state index contributed by atoms with van der Waals surface area (Å²) in [5.41, 5.74) is 7.30. The molecular formula is C27H40FN3O6S. The molecule has 0 bridgehead atoms. The smallest absolute Gasteiger partial charge is 0.224 e. The minimum Gasteiger partial charge on any atom is -0.508 e. The van der Waals surface area contributed by atoms with Crippen molar-refractivity contribution in [1.82, 2.24) is 9.21 Å². The Morgan fingerprint density at radius 3 is 2.39 bits per heavy atom. The zero-order valence-electron chi connectivity index (χ0n) is 22.3. The first-order chi connectivity index (χ1) is 18.0. The van der Waals surface area contributed by atoms with Crippen molar-refractivity contribution in [2.24, 2.45) is 5.73 Å². The molecular weight excluding hydrogens is 513 g/mol. The molecule has 2 rings (SSSR count). The number of halogens is 1. The molecule has 0 heterocycles. The first kappa shape index (κ1) is 31.5. The number of rotatable bonds is 16. The Morgan fingerprint density at radius 1 is 1.11 bits per heavy atom. The highest BCUT2D eigenvalue weighted by atomic mass is 32.2. The van der Waals surface area contributed by atoms with E-state index in [1.807, 2.05) is 13.8 Å². The van der Waals surface area contributed by atoms with Gasteiger partial charge in [-0.05, 0) is 54.7 Å². The maximum Gasteiger partial charge on any atom is 0.224 e. The zero-order valence-corrected chi connectivity index (χ0v) is 23.2. The second kappa shape index (κ2) is 15.0. The van der Waals surface area contributed by atoms with Gasteiger partial charge in [0.25, 0.3) is 0 Å². The summed E-state index contributed by atoms with van der Waals surface area (Å²) >= 11 is 0. The van der Waals surface area contributed by atoms with Crippen LogP contribution >= 0.6 is 0 Å². The summed E-state index contributed by atoms with van der Waals surface area (Å²) in [7, 11) is -2.11. The third kappa shape index (κ3) is 9.86. The maximum atomic E-state index is 13.7. The molecule has 0 fully saturated rings. The van der Waals surface area contributed by atoms with Gasteiger partial charge in [0.15, 0.2) is 0 Å². The molecule has 0 saturated carbocycles. The Morgan fingerprint density at radius 2 is 1.79 bits per heavy atom. The van der Waals surface area contributed by atoms with Crippen LogP contribution in [0, 0.1) is 5.82 Å². The number of hydrogen-bond acceptors (Lipinski definition) is 7. The lowest BCUT2D eigenvalue weighted by atomic mass is 10.0. The molecule has 4 N–H and O–H groups in total. The van der Waals surface area contributed by atoms with Crippen LogP contribution < -0.4 is 10.5 Å². The van der Waals surface area contributed by atoms with E-state index >= 15 is 0 Å². The number of hydrogen-bond donors (Lipinski definition) is 3. The number of phenolic OH excluding ortho intramolecular Hbond substituents is 1. The molecule has 38 heavy (non-hydrogen) atoms. The van der Waals surface area contributed by atoms with Crippen LogP contribution in [0.1, 0.15) is 44.2 Å². The molecule has 0 aliphatic heterocycles. The first-order valence-corrected chi connectivity index (χ1v) is 14.4. The van der Waals surface area contributed by atoms with Crippen LogP contribution in [0.25, 0.3) is 0 Å². The number of carbonyl (C=O) groups excluding carboxylic acids is 1. The van der Waals surface area contributed by atoms with Gasteiger partial charge in [-0.3, -0.25) is 4.79 Å². The Bertz CT molecular complexity index is 1120. The summed E-state index contributed by atoms with van der Waals surface area (Å²) in [5.74, 6) is -1.07. The van der Waals surface area contributed by atoms with Crippen molar-refractivity contribution >= 4 is 15.9 Å². The van der Waals surface area contributed by atoms with E-state index in [1.54, 1.807) is 24.3 Å². The number of aliphatic hydroxyl groups is 1. The molecule has 212 valence electrons. The molecule has 0 radical (unpaired) electrons. The van der Waals surface area contributed by atoms with E-state index in [4.69, 9.17) is 10.5 Å². The molecule has 11 heteroatoms. The Kier molecular flexibility index (Phi) is 12.4. The highest BCUT2D eigenvalue weighted by molar-refractivity contribution is 7.89. The molecule has 0 unspecified atom stereocenters. The standard InChI is InChI=1S/C27H40FN3O6S/c1-4-10-31(11-5-2)38(35,36)12-9-27(34)30(18-20-7-6-8-24(15-20)37-3)19-26(33)25(29)16-21-13-22(28)17-23(32)14-21/h6-8,13-15,17,25-26,32-33H,4-5,9-12,16,18-19,29H2,1-3H3/t25-,26+/m0/s1. The van der Waals surface area contributed by atoms with Gasteiger partial charge >= 0.3 is 0 Å². The van der Waals surface area contributed by atoms with E-state index in [0.29, 0.717) is 37.2 Å². The van der Waals surface area contributed by atoms with E-state index in [1.165, 1.54) is 28.4 Å². The van der Waals surface area contributed by atoms with E-state index < -0.39 is 33.9 Å². The number of phenols is 1. The predicted octanol–water partition coefficient (Wildman–Crippen LogP) is 2.64. The summed E-state index contributed by atoms with van der Waals surface area (Å²) in [6, 6.07) is 9.76. The van der Waals surface area contributed by atoms with Crippen molar-refractivity contribution in [2.45, 2.75) is 58.2 Å². The summed E-state index contributed by atoms with van der Waals surface area (Å²) in [4.78, 5) is 14.6. The van der Waals surface area contributed by atoms with Gasteiger partial charge in [-0.25, -0.2) is 17.1 Å². The first-order valence-electron chi connectivity index (χ1n) is 12.8. The fraction of sp³-hybridized carbons (Fsp3) is 0.519. The molecule has 0 saturated heterocycles. The largest absolute Gasteiger partial charge is 0.508 e. The summed E-state index contributed by atoms with van der Waals surface area (Å²) in [6.45, 7) is 4.52. The van der Waals surface area contributed by atoms with E-state index in [9.17, 15) is 27.8 Å². The summed E-state index contributed by atoms with van der Waals surface area (Å²) in [5, 5.41) is 20.5. The van der Waals surface area contributed by atoms with Crippen molar-refractivity contribution in [3.63, 3.8) is 0 Å². The van der Waals surface area contributed by atoms with Gasteiger partial charge in [0, 0.05) is 44.7 Å². The number of benzene rings is 2. The summed E-state index contributed by atoms with van der Waals surface area (Å²) in [6.07, 6.45) is -0.0470. The Hall–Kier alpha value is -2.73. The number of amides is 1. The fourth-order valence-electron chi connectivity index (χ4n) is 4.16. The quantitative estimate of drug-likeness (QED) is 0.291. The lowest BCUT2D eigenvalue weighted by Gasteiger charge is -2.29. The molecule has 2 atom stereocenters. The topological polar surface area (TPSA) is 133 Å². The SMILES string of the molecule is CCCN(CCC)S(=O)(=O)CCC(=O)N(Cc1cccc(OC)c1)C[C@@H](O)[C@@H](N)Cc1cc(O)cc(F)c1. The third-order valence-corrected chi connectivity index (χ3v) is 7.96. The molecule has 0 aliphatic rings. The average Bonchev–Trinajstić information content (AvgIpc) is 2.86. The number of nitrogens with zero attached hydrogens (tertiary/aromatic N) is 2. The lowest BCUT2D eigenvalue weighted by Crippen LogP contribution is -2.46. The van der Waals surface area contributed by atoms with Crippen molar-refractivity contribution in [2.75, 3.05) is 32.5 Å². The number of ether oxygens (including phenoxy) is 1. The molecule has 1 amide bonds. The minimum atomic E-state index is -3.63. The van der Waals surface area contributed by atoms with Gasteiger partial charge in [0.2, 0.25) is 15.9 Å². The fourth-order valence-corrected chi connectivity index (χ4v) is 5.77. The summed E-state index contributed by atoms with van der Waals surface area (Å²) < 4.78 is 46.1. The average molecular weight is 554 g/mol. The molecule has 0 aromatic heterocycles. The van der Waals surface area contributed by atoms with Crippen LogP contribution in [0.15, 0.2) is 42.5 Å². The maximum absolute atomic E-state index is 13.7. The molecule has 0 aliphatic carbocycles. The number of aliphatic hydroxyl groups excluding tert-OH is 1. The highest BCUT2D eigenvalue weighted by Gasteiger charge is 2.26. The van der Waals surface area contributed by atoms with Gasteiger partial charge in [0.1, 0.15) is 17.3 Å². The van der Waals surface area contributed by atoms with Crippen molar-refractivity contribution in [3.8, 4) is 11.5 Å². The van der Waals surface area contributed by atoms with Crippen LogP contribution in [0.5, 0.6) is 11.5 Å². The van der Waals surface area contributed by atoms with E-state index in [-0.39, 0.29) is 37.4 Å². The van der Waals surface area contributed by atoms with Crippen LogP contribution in [0.3, 0.4) is 0 Å². The number of sulfonamides is 1. The van der Waals surface area contributed by atoms with Gasteiger partial charge < -0.3 is 25.6 Å². The van der Waals surface area contributed by atoms with Crippen LogP contribution in [0.2, 0.25) is 0 Å². The van der Waals surface area contributed by atoms with Crippen molar-refractivity contribution in [1.29, 1.82) is 0 Å². The number of aromatic hydroxyl groups is 1. The predicted molar refractivity (Wildman–Crippen MR) is 145 cm³/mol. The van der Waals surface area contributed by atoms with Gasteiger partial charge in [-0.2, -0.15) is 0 Å². The van der Waals surface area contributed by atoms with Gasteiger partial charge in [-0.1, -0.05) is 26.0 Å². The normalized spacial score (nSPS) is 13.3. The molecule has 9 nitrogen and oxygen atoms in total. The Balaban J connectivity index is 2.18. The second-order valence-corrected chi connectivity index (χ2v) is 11.4. The molecule has 2 aromatic carbocycles. The number of nitrogens with two attached hydrogens (primary N) is 1. The monoisotopic (exact) mass is 553 g/mol. The third-order valence-electron chi connectivity index (χ3n) is 6.09. The van der Waals surface area contributed by atoms with Crippen molar-refractivity contribution in [3.05, 3.63) is 59.4 Å². The van der Waals surface area contributed by atoms with Crippen LogP contribution in [-0.2, 0) is 27.8 Å². The van der Waals surface area contributed by atoms with Crippen molar-refractivity contribution < 1.29 is 32.6 Å². The number of carbonyl (C=O) groups is 1.